The number of hydrogen-bond donors (Lipinski definition) is 2. The lowest BCUT2D eigenvalue weighted by Gasteiger charge is -2.35. The van der Waals surface area contributed by atoms with Gasteiger partial charge in [-0.15, -0.1) is 0 Å². The second kappa shape index (κ2) is 9.89. The van der Waals surface area contributed by atoms with Crippen molar-refractivity contribution >= 4 is 34.7 Å². The number of pyridine rings is 2. The van der Waals surface area contributed by atoms with Crippen molar-refractivity contribution in [1.82, 2.24) is 9.97 Å². The molecule has 182 valence electrons. The van der Waals surface area contributed by atoms with E-state index in [1.54, 1.807) is 30.2 Å². The topological polar surface area (TPSA) is 79.5 Å². The Morgan fingerprint density at radius 1 is 1.14 bits per heavy atom. The Morgan fingerprint density at radius 3 is 2.97 bits per heavy atom. The summed E-state index contributed by atoms with van der Waals surface area (Å²) in [7, 11) is 0. The maximum absolute atomic E-state index is 12.3. The van der Waals surface area contributed by atoms with E-state index in [1.807, 2.05) is 42.5 Å². The van der Waals surface area contributed by atoms with Gasteiger partial charge in [-0.1, -0.05) is 35.5 Å². The van der Waals surface area contributed by atoms with Gasteiger partial charge in [-0.05, 0) is 48.5 Å². The summed E-state index contributed by atoms with van der Waals surface area (Å²) < 4.78 is 12.6. The van der Waals surface area contributed by atoms with Gasteiger partial charge in [-0.25, -0.2) is 0 Å². The van der Waals surface area contributed by atoms with Gasteiger partial charge in [-0.2, -0.15) is 0 Å². The number of aromatic amines is 1. The van der Waals surface area contributed by atoms with Crippen molar-refractivity contribution in [2.24, 2.45) is 0 Å². The van der Waals surface area contributed by atoms with Gasteiger partial charge in [0.2, 0.25) is 0 Å². The van der Waals surface area contributed by atoms with E-state index in [9.17, 15) is 4.79 Å². The minimum Gasteiger partial charge on any atom is -0.455 e. The molecular formula is C27H23ClN4O3S. The number of halogens is 1. The van der Waals surface area contributed by atoms with Crippen molar-refractivity contribution in [3.63, 3.8) is 0 Å². The van der Waals surface area contributed by atoms with Crippen molar-refractivity contribution in [3.8, 4) is 11.5 Å². The van der Waals surface area contributed by atoms with Gasteiger partial charge in [0.15, 0.2) is 0 Å². The molecule has 0 bridgehead atoms. The Labute approximate surface area is 217 Å². The van der Waals surface area contributed by atoms with Crippen molar-refractivity contribution < 1.29 is 9.47 Å². The number of ether oxygens (including phenoxy) is 2. The summed E-state index contributed by atoms with van der Waals surface area (Å²) in [6.07, 6.45) is 3.15. The number of rotatable bonds is 5. The van der Waals surface area contributed by atoms with Crippen molar-refractivity contribution in [1.29, 1.82) is 0 Å². The molecule has 6 rings (SSSR count). The van der Waals surface area contributed by atoms with Gasteiger partial charge in [0, 0.05) is 41.8 Å². The van der Waals surface area contributed by atoms with Crippen LogP contribution in [0, 0.1) is 0 Å². The third kappa shape index (κ3) is 4.67. The van der Waals surface area contributed by atoms with E-state index in [0.29, 0.717) is 37.0 Å². The lowest BCUT2D eigenvalue weighted by molar-refractivity contribution is 0.0382. The predicted molar refractivity (Wildman–Crippen MR) is 142 cm³/mol. The maximum Gasteiger partial charge on any atom is 0.271 e. The van der Waals surface area contributed by atoms with Crippen LogP contribution in [0.4, 0.5) is 11.4 Å². The van der Waals surface area contributed by atoms with E-state index in [1.165, 1.54) is 0 Å². The summed E-state index contributed by atoms with van der Waals surface area (Å²) in [6, 6.07) is 19.5. The van der Waals surface area contributed by atoms with E-state index < -0.39 is 0 Å². The van der Waals surface area contributed by atoms with E-state index >= 15 is 0 Å². The fourth-order valence-corrected chi connectivity index (χ4v) is 5.66. The third-order valence-electron chi connectivity index (χ3n) is 6.19. The Hall–Kier alpha value is -3.46. The minimum atomic E-state index is -0.207. The van der Waals surface area contributed by atoms with Gasteiger partial charge < -0.3 is 24.7 Å². The zero-order valence-corrected chi connectivity index (χ0v) is 20.8. The molecule has 2 N–H and O–H groups in total. The summed E-state index contributed by atoms with van der Waals surface area (Å²) in [4.78, 5) is 23.6. The van der Waals surface area contributed by atoms with Gasteiger partial charge in [0.25, 0.3) is 5.56 Å². The van der Waals surface area contributed by atoms with Crippen LogP contribution in [0.15, 0.2) is 87.6 Å². The average molecular weight is 519 g/mol. The number of morpholine rings is 1. The molecule has 1 unspecified atom stereocenters. The largest absolute Gasteiger partial charge is 0.455 e. The van der Waals surface area contributed by atoms with Gasteiger partial charge >= 0.3 is 0 Å². The third-order valence-corrected chi connectivity index (χ3v) is 7.50. The Bertz CT molecular complexity index is 1480. The average Bonchev–Trinajstić information content (AvgIpc) is 2.91. The van der Waals surface area contributed by atoms with Crippen LogP contribution < -0.4 is 20.5 Å². The zero-order chi connectivity index (χ0) is 24.5. The lowest BCUT2D eigenvalue weighted by atomic mass is 10.1. The Morgan fingerprint density at radius 2 is 2.08 bits per heavy atom. The highest BCUT2D eigenvalue weighted by atomic mass is 35.5. The molecule has 0 saturated carbocycles. The van der Waals surface area contributed by atoms with Crippen LogP contribution in [0.3, 0.4) is 0 Å². The van der Waals surface area contributed by atoms with Crippen molar-refractivity contribution in [2.75, 3.05) is 29.9 Å². The summed E-state index contributed by atoms with van der Waals surface area (Å²) in [5.41, 5.74) is 3.40. The molecule has 4 heterocycles. The SMILES string of the molecule is O=c1[nH]cccc1N1CCOC(c2cccc3c2Oc2ccc(NCc4cc(Cl)ccn4)cc2S3)C1. The van der Waals surface area contributed by atoms with Gasteiger partial charge in [-0.3, -0.25) is 9.78 Å². The van der Waals surface area contributed by atoms with Crippen molar-refractivity contribution in [3.05, 3.63) is 99.7 Å². The number of nitrogens with zero attached hydrogens (tertiary/aromatic N) is 2. The molecular weight excluding hydrogens is 496 g/mol. The second-order valence-corrected chi connectivity index (χ2v) is 10.1. The molecule has 2 aromatic carbocycles. The first-order chi connectivity index (χ1) is 17.6. The molecule has 0 radical (unpaired) electrons. The number of anilines is 2. The van der Waals surface area contributed by atoms with Crippen LogP contribution in [0.25, 0.3) is 0 Å². The van der Waals surface area contributed by atoms with Crippen LogP contribution in [0.2, 0.25) is 5.02 Å². The molecule has 0 aliphatic carbocycles. The fraction of sp³-hybridized carbons (Fsp3) is 0.185. The molecule has 0 amide bonds. The van der Waals surface area contributed by atoms with E-state index in [-0.39, 0.29) is 11.7 Å². The van der Waals surface area contributed by atoms with Crippen LogP contribution in [-0.4, -0.2) is 29.7 Å². The highest BCUT2D eigenvalue weighted by molar-refractivity contribution is 7.99. The molecule has 1 fully saturated rings. The number of H-pyrrole nitrogens is 1. The number of benzene rings is 2. The fourth-order valence-electron chi connectivity index (χ4n) is 4.44. The monoisotopic (exact) mass is 518 g/mol. The summed E-state index contributed by atoms with van der Waals surface area (Å²) in [5, 5.41) is 4.08. The Kier molecular flexibility index (Phi) is 6.31. The minimum absolute atomic E-state index is 0.0930. The molecule has 7 nitrogen and oxygen atoms in total. The molecule has 1 atom stereocenters. The van der Waals surface area contributed by atoms with Gasteiger partial charge in [0.1, 0.15) is 23.3 Å². The number of hydrogen-bond acceptors (Lipinski definition) is 7. The van der Waals surface area contributed by atoms with Crippen LogP contribution >= 0.6 is 23.4 Å². The predicted octanol–water partition coefficient (Wildman–Crippen LogP) is 5.87. The zero-order valence-electron chi connectivity index (χ0n) is 19.2. The first-order valence-electron chi connectivity index (χ1n) is 11.7. The van der Waals surface area contributed by atoms with Crippen LogP contribution in [0.1, 0.15) is 17.4 Å². The molecule has 9 heteroatoms. The van der Waals surface area contributed by atoms with E-state index in [4.69, 9.17) is 21.1 Å². The molecule has 2 aromatic heterocycles. The van der Waals surface area contributed by atoms with E-state index in [0.717, 1.165) is 38.2 Å². The number of nitrogens with one attached hydrogen (secondary N) is 2. The first-order valence-corrected chi connectivity index (χ1v) is 12.8. The van der Waals surface area contributed by atoms with Crippen LogP contribution in [-0.2, 0) is 11.3 Å². The summed E-state index contributed by atoms with van der Waals surface area (Å²) in [6.45, 7) is 2.34. The first kappa shape index (κ1) is 23.0. The molecule has 1 saturated heterocycles. The molecule has 4 aromatic rings. The standard InChI is InChI=1S/C27H23ClN4O3S/c28-17-8-10-29-19(13-17)15-31-18-6-7-22-25(14-18)36-24-5-1-3-20(26(24)35-22)23-16-32(11-12-34-23)21-4-2-9-30-27(21)33/h1-10,13-14,23,31H,11-12,15-16H2,(H,30,33). The molecule has 36 heavy (non-hydrogen) atoms. The normalized spacial score (nSPS) is 16.6. The number of para-hydroxylation sites is 1. The maximum atomic E-state index is 12.3. The Balaban J connectivity index is 1.21. The van der Waals surface area contributed by atoms with Crippen molar-refractivity contribution in [2.45, 2.75) is 22.4 Å². The number of fused-ring (bicyclic) bond motifs is 2. The quantitative estimate of drug-likeness (QED) is 0.301. The molecule has 0 spiro atoms. The number of aromatic nitrogens is 2. The highest BCUT2D eigenvalue weighted by Crippen LogP contribution is 2.50. The highest BCUT2D eigenvalue weighted by Gasteiger charge is 2.29. The smallest absolute Gasteiger partial charge is 0.271 e. The van der Waals surface area contributed by atoms with Crippen LogP contribution in [0.5, 0.6) is 11.5 Å². The second-order valence-electron chi connectivity index (χ2n) is 8.55. The summed E-state index contributed by atoms with van der Waals surface area (Å²) >= 11 is 7.74. The van der Waals surface area contributed by atoms with Gasteiger partial charge in [0.05, 0.1) is 28.6 Å². The lowest BCUT2D eigenvalue weighted by Crippen LogP contribution is -2.41. The van der Waals surface area contributed by atoms with E-state index in [2.05, 4.69) is 32.3 Å². The molecule has 2 aliphatic heterocycles. The summed E-state index contributed by atoms with van der Waals surface area (Å²) in [5.74, 6) is 1.62. The molecule has 2 aliphatic rings.